The van der Waals surface area contributed by atoms with E-state index in [9.17, 15) is 13.2 Å². The quantitative estimate of drug-likeness (QED) is 0.686. The van der Waals surface area contributed by atoms with Crippen LogP contribution in [-0.2, 0) is 21.4 Å². The molecule has 140 valence electrons. The Morgan fingerprint density at radius 1 is 1.00 bits per heavy atom. The molecule has 0 fully saturated rings. The highest BCUT2D eigenvalue weighted by Gasteiger charge is 2.22. The highest BCUT2D eigenvalue weighted by atomic mass is 35.5. The number of nitrogens with one attached hydrogen (secondary N) is 1. The molecule has 5 nitrogen and oxygen atoms in total. The maximum absolute atomic E-state index is 12.5. The van der Waals surface area contributed by atoms with Crippen molar-refractivity contribution in [2.24, 2.45) is 0 Å². The number of hydrogen-bond acceptors (Lipinski definition) is 3. The number of hydrogen-bond donors (Lipinski definition) is 1. The fourth-order valence-corrected chi connectivity index (χ4v) is 4.02. The van der Waals surface area contributed by atoms with Gasteiger partial charge in [-0.25, -0.2) is 8.42 Å². The second kappa shape index (κ2) is 8.08. The molecule has 0 bridgehead atoms. The number of fused-ring (bicyclic) bond motifs is 1. The summed E-state index contributed by atoms with van der Waals surface area (Å²) in [6.45, 7) is 0.0603. The lowest BCUT2D eigenvalue weighted by Gasteiger charge is -2.17. The van der Waals surface area contributed by atoms with Gasteiger partial charge in [-0.05, 0) is 40.6 Å². The Hall–Kier alpha value is -2.41. The van der Waals surface area contributed by atoms with Gasteiger partial charge in [0, 0.05) is 18.6 Å². The average Bonchev–Trinajstić information content (AvgIpc) is 2.66. The van der Waals surface area contributed by atoms with Crippen LogP contribution in [0.4, 0.5) is 0 Å². The number of carbonyl (C=O) groups is 1. The number of carbonyl (C=O) groups excluding carboxylic acids is 1. The third-order valence-electron chi connectivity index (χ3n) is 4.24. The lowest BCUT2D eigenvalue weighted by atomic mass is 10.0. The van der Waals surface area contributed by atoms with Crippen molar-refractivity contribution in [3.05, 3.63) is 77.3 Å². The zero-order valence-electron chi connectivity index (χ0n) is 14.7. The predicted octanol–water partition coefficient (Wildman–Crippen LogP) is 3.43. The molecule has 1 amide bonds. The monoisotopic (exact) mass is 402 g/mol. The third kappa shape index (κ3) is 4.47. The minimum Gasteiger partial charge on any atom is -0.351 e. The molecular formula is C20H19ClN2O3S. The van der Waals surface area contributed by atoms with Crippen LogP contribution < -0.4 is 5.32 Å². The van der Waals surface area contributed by atoms with E-state index in [0.29, 0.717) is 11.6 Å². The van der Waals surface area contributed by atoms with E-state index in [1.807, 2.05) is 42.5 Å². The zero-order chi connectivity index (χ0) is 19.4. The standard InChI is InChI=1S/C20H19ClN2O3S/c1-23(27(25,26)18-11-9-17(21)10-12-18)14-20(24)22-13-16-7-4-6-15-5-2-3-8-19(15)16/h2-12H,13-14H2,1H3,(H,22,24). The second-order valence-electron chi connectivity index (χ2n) is 6.13. The molecule has 0 aromatic heterocycles. The van der Waals surface area contributed by atoms with Crippen molar-refractivity contribution in [2.45, 2.75) is 11.4 Å². The number of sulfonamides is 1. The molecule has 3 aromatic carbocycles. The lowest BCUT2D eigenvalue weighted by Crippen LogP contribution is -2.38. The number of nitrogens with zero attached hydrogens (tertiary/aromatic N) is 1. The van der Waals surface area contributed by atoms with E-state index in [4.69, 9.17) is 11.6 Å². The van der Waals surface area contributed by atoms with E-state index in [1.165, 1.54) is 31.3 Å². The van der Waals surface area contributed by atoms with Crippen LogP contribution in [0.5, 0.6) is 0 Å². The maximum atomic E-state index is 12.5. The summed E-state index contributed by atoms with van der Waals surface area (Å²) in [6.07, 6.45) is 0. The van der Waals surface area contributed by atoms with Crippen LogP contribution >= 0.6 is 11.6 Å². The SMILES string of the molecule is CN(CC(=O)NCc1cccc2ccccc12)S(=O)(=O)c1ccc(Cl)cc1. The largest absolute Gasteiger partial charge is 0.351 e. The van der Waals surface area contributed by atoms with Gasteiger partial charge in [-0.1, -0.05) is 54.1 Å². The van der Waals surface area contributed by atoms with Gasteiger partial charge in [0.2, 0.25) is 15.9 Å². The first-order chi connectivity index (χ1) is 12.9. The Bertz CT molecular complexity index is 1060. The van der Waals surface area contributed by atoms with Gasteiger partial charge in [-0.2, -0.15) is 4.31 Å². The van der Waals surface area contributed by atoms with E-state index < -0.39 is 10.0 Å². The van der Waals surface area contributed by atoms with Crippen LogP contribution in [0.15, 0.2) is 71.6 Å². The Labute approximate surface area is 163 Å². The van der Waals surface area contributed by atoms with E-state index in [1.54, 1.807) is 0 Å². The average molecular weight is 403 g/mol. The van der Waals surface area contributed by atoms with Crippen LogP contribution in [0.2, 0.25) is 5.02 Å². The summed E-state index contributed by atoms with van der Waals surface area (Å²) in [6, 6.07) is 19.6. The number of halogens is 1. The Balaban J connectivity index is 1.65. The van der Waals surface area contributed by atoms with Crippen LogP contribution in [-0.4, -0.2) is 32.2 Å². The van der Waals surface area contributed by atoms with Gasteiger partial charge >= 0.3 is 0 Å². The van der Waals surface area contributed by atoms with Crippen molar-refractivity contribution in [3.8, 4) is 0 Å². The molecule has 1 N–H and O–H groups in total. The Morgan fingerprint density at radius 2 is 1.67 bits per heavy atom. The van der Waals surface area contributed by atoms with Crippen molar-refractivity contribution in [1.82, 2.24) is 9.62 Å². The molecule has 0 spiro atoms. The first kappa shape index (κ1) is 19.4. The minimum absolute atomic E-state index is 0.0938. The van der Waals surface area contributed by atoms with Crippen molar-refractivity contribution in [1.29, 1.82) is 0 Å². The smallest absolute Gasteiger partial charge is 0.243 e. The van der Waals surface area contributed by atoms with Crippen molar-refractivity contribution >= 4 is 38.3 Å². The van der Waals surface area contributed by atoms with Gasteiger partial charge in [-0.3, -0.25) is 4.79 Å². The van der Waals surface area contributed by atoms with Gasteiger partial charge in [0.05, 0.1) is 11.4 Å². The highest BCUT2D eigenvalue weighted by molar-refractivity contribution is 7.89. The molecule has 0 aliphatic carbocycles. The van der Waals surface area contributed by atoms with Crippen LogP contribution in [0, 0.1) is 0 Å². The van der Waals surface area contributed by atoms with Gasteiger partial charge < -0.3 is 5.32 Å². The van der Waals surface area contributed by atoms with Gasteiger partial charge in [-0.15, -0.1) is 0 Å². The van der Waals surface area contributed by atoms with E-state index in [2.05, 4.69) is 5.32 Å². The molecule has 0 radical (unpaired) electrons. The van der Waals surface area contributed by atoms with Crippen LogP contribution in [0.3, 0.4) is 0 Å². The first-order valence-electron chi connectivity index (χ1n) is 8.33. The minimum atomic E-state index is -3.75. The summed E-state index contributed by atoms with van der Waals surface area (Å²) >= 11 is 5.79. The fraction of sp³-hybridized carbons (Fsp3) is 0.150. The summed E-state index contributed by atoms with van der Waals surface area (Å²) in [7, 11) is -2.38. The molecule has 0 saturated heterocycles. The molecule has 3 aromatic rings. The van der Waals surface area contributed by atoms with Crippen molar-refractivity contribution in [2.75, 3.05) is 13.6 Å². The molecule has 27 heavy (non-hydrogen) atoms. The van der Waals surface area contributed by atoms with Crippen molar-refractivity contribution in [3.63, 3.8) is 0 Å². The van der Waals surface area contributed by atoms with E-state index in [0.717, 1.165) is 20.6 Å². The molecule has 0 heterocycles. The summed E-state index contributed by atoms with van der Waals surface area (Å²) in [5, 5.41) is 5.38. The van der Waals surface area contributed by atoms with E-state index in [-0.39, 0.29) is 17.3 Å². The molecule has 0 aliphatic rings. The summed E-state index contributed by atoms with van der Waals surface area (Å²) in [4.78, 5) is 12.4. The number of amides is 1. The number of benzene rings is 3. The van der Waals surface area contributed by atoms with Gasteiger partial charge in [0.25, 0.3) is 0 Å². The molecule has 0 aliphatic heterocycles. The van der Waals surface area contributed by atoms with Gasteiger partial charge in [0.1, 0.15) is 0 Å². The van der Waals surface area contributed by atoms with Crippen LogP contribution in [0.1, 0.15) is 5.56 Å². The zero-order valence-corrected chi connectivity index (χ0v) is 16.3. The predicted molar refractivity (Wildman–Crippen MR) is 107 cm³/mol. The molecule has 0 saturated carbocycles. The second-order valence-corrected chi connectivity index (χ2v) is 8.61. The normalized spacial score (nSPS) is 11.7. The summed E-state index contributed by atoms with van der Waals surface area (Å²) in [5.74, 6) is -0.372. The first-order valence-corrected chi connectivity index (χ1v) is 10.1. The molecule has 3 rings (SSSR count). The van der Waals surface area contributed by atoms with Crippen molar-refractivity contribution < 1.29 is 13.2 Å². The van der Waals surface area contributed by atoms with Crippen LogP contribution in [0.25, 0.3) is 10.8 Å². The molecule has 0 unspecified atom stereocenters. The Kier molecular flexibility index (Phi) is 5.79. The molecular weight excluding hydrogens is 384 g/mol. The fourth-order valence-electron chi connectivity index (χ4n) is 2.77. The summed E-state index contributed by atoms with van der Waals surface area (Å²) in [5.41, 5.74) is 0.977. The maximum Gasteiger partial charge on any atom is 0.243 e. The summed E-state index contributed by atoms with van der Waals surface area (Å²) < 4.78 is 26.1. The third-order valence-corrected chi connectivity index (χ3v) is 6.31. The van der Waals surface area contributed by atoms with Gasteiger partial charge in [0.15, 0.2) is 0 Å². The highest BCUT2D eigenvalue weighted by Crippen LogP contribution is 2.19. The van der Waals surface area contributed by atoms with E-state index >= 15 is 0 Å². The Morgan fingerprint density at radius 3 is 2.41 bits per heavy atom. The number of likely N-dealkylation sites (N-methyl/N-ethyl adjacent to an activating group) is 1. The molecule has 7 heteroatoms. The number of rotatable bonds is 6. The lowest BCUT2D eigenvalue weighted by molar-refractivity contribution is -0.121. The molecule has 0 atom stereocenters. The topological polar surface area (TPSA) is 66.5 Å².